The van der Waals surface area contributed by atoms with E-state index in [1.54, 1.807) is 0 Å². The maximum Gasteiger partial charge on any atom is 0.158 e. The Hall–Kier alpha value is -1.26. The van der Waals surface area contributed by atoms with Crippen LogP contribution in [-0.2, 0) is 7.05 Å². The third-order valence-corrected chi connectivity index (χ3v) is 4.37. The van der Waals surface area contributed by atoms with Gasteiger partial charge in [0.1, 0.15) is 0 Å². The van der Waals surface area contributed by atoms with Crippen LogP contribution in [0.5, 0.6) is 0 Å². The second-order valence-electron chi connectivity index (χ2n) is 5.73. The van der Waals surface area contributed by atoms with Gasteiger partial charge in [0.15, 0.2) is 5.82 Å². The lowest BCUT2D eigenvalue weighted by molar-refractivity contribution is 0.209. The van der Waals surface area contributed by atoms with Gasteiger partial charge in [-0.3, -0.25) is 9.58 Å². The number of rotatable bonds is 2. The minimum absolute atomic E-state index is 0.618. The van der Waals surface area contributed by atoms with E-state index >= 15 is 0 Å². The van der Waals surface area contributed by atoms with Gasteiger partial charge in [0.05, 0.1) is 5.52 Å². The van der Waals surface area contributed by atoms with Crippen LogP contribution in [0.3, 0.4) is 0 Å². The van der Waals surface area contributed by atoms with Crippen molar-refractivity contribution in [3.8, 4) is 0 Å². The van der Waals surface area contributed by atoms with E-state index in [1.807, 2.05) is 29.9 Å². The average Bonchev–Trinajstić information content (AvgIpc) is 2.75. The fraction of sp³-hybridized carbons (Fsp3) is 0.533. The molecule has 5 heteroatoms. The third-order valence-electron chi connectivity index (χ3n) is 4.14. The second kappa shape index (κ2) is 5.26. The van der Waals surface area contributed by atoms with E-state index in [-0.39, 0.29) is 0 Å². The largest absolute Gasteiger partial charge is 0.352 e. The number of piperazine rings is 1. The smallest absolute Gasteiger partial charge is 0.158 e. The fourth-order valence-corrected chi connectivity index (χ4v) is 3.08. The number of aromatic nitrogens is 2. The van der Waals surface area contributed by atoms with Crippen LogP contribution < -0.4 is 4.90 Å². The van der Waals surface area contributed by atoms with Gasteiger partial charge < -0.3 is 4.90 Å². The Balaban J connectivity index is 1.90. The summed E-state index contributed by atoms with van der Waals surface area (Å²) in [6.45, 7) is 8.75. The highest BCUT2D eigenvalue weighted by Crippen LogP contribution is 2.29. The topological polar surface area (TPSA) is 24.3 Å². The van der Waals surface area contributed by atoms with Crippen LogP contribution in [0.1, 0.15) is 13.8 Å². The Labute approximate surface area is 124 Å². The third kappa shape index (κ3) is 2.38. The molecule has 3 rings (SSSR count). The molecule has 0 amide bonds. The zero-order valence-electron chi connectivity index (χ0n) is 12.3. The minimum atomic E-state index is 0.618. The first-order chi connectivity index (χ1) is 9.56. The standard InChI is InChI=1S/C15H21ClN4/c1-11(2)19-6-8-20(9-7-19)15-13-10-12(16)4-5-14(13)18(3)17-15/h4-5,10-11H,6-9H2,1-3H3. The molecule has 2 aromatic rings. The van der Waals surface area contributed by atoms with Gasteiger partial charge in [0.25, 0.3) is 0 Å². The van der Waals surface area contributed by atoms with Crippen LogP contribution in [0.15, 0.2) is 18.2 Å². The first kappa shape index (κ1) is 13.7. The first-order valence-electron chi connectivity index (χ1n) is 7.17. The molecule has 1 saturated heterocycles. The molecule has 0 aliphatic carbocycles. The summed E-state index contributed by atoms with van der Waals surface area (Å²) in [5, 5.41) is 6.61. The van der Waals surface area contributed by atoms with E-state index in [1.165, 1.54) is 0 Å². The van der Waals surface area contributed by atoms with Crippen LogP contribution in [0.2, 0.25) is 5.02 Å². The van der Waals surface area contributed by atoms with E-state index in [0.29, 0.717) is 6.04 Å². The molecule has 2 heterocycles. The highest BCUT2D eigenvalue weighted by atomic mass is 35.5. The van der Waals surface area contributed by atoms with E-state index in [0.717, 1.165) is 47.9 Å². The number of hydrogen-bond donors (Lipinski definition) is 0. The molecule has 1 fully saturated rings. The van der Waals surface area contributed by atoms with E-state index in [2.05, 4.69) is 28.7 Å². The van der Waals surface area contributed by atoms with Crippen molar-refractivity contribution in [2.75, 3.05) is 31.1 Å². The highest BCUT2D eigenvalue weighted by molar-refractivity contribution is 6.31. The molecule has 4 nitrogen and oxygen atoms in total. The van der Waals surface area contributed by atoms with Gasteiger partial charge in [-0.2, -0.15) is 5.10 Å². The molecule has 0 atom stereocenters. The lowest BCUT2D eigenvalue weighted by Gasteiger charge is -2.37. The highest BCUT2D eigenvalue weighted by Gasteiger charge is 2.22. The zero-order valence-corrected chi connectivity index (χ0v) is 13.1. The molecule has 1 aromatic heterocycles. The van der Waals surface area contributed by atoms with Crippen molar-refractivity contribution in [3.05, 3.63) is 23.2 Å². The number of aryl methyl sites for hydroxylation is 1. The number of anilines is 1. The average molecular weight is 293 g/mol. The fourth-order valence-electron chi connectivity index (χ4n) is 2.90. The maximum atomic E-state index is 6.14. The Morgan fingerprint density at radius 2 is 1.85 bits per heavy atom. The second-order valence-corrected chi connectivity index (χ2v) is 6.16. The molecule has 108 valence electrons. The summed E-state index contributed by atoms with van der Waals surface area (Å²) >= 11 is 6.14. The van der Waals surface area contributed by atoms with Crippen molar-refractivity contribution >= 4 is 28.3 Å². The van der Waals surface area contributed by atoms with Crippen molar-refractivity contribution in [2.24, 2.45) is 7.05 Å². The molecule has 0 spiro atoms. The molecule has 1 aromatic carbocycles. The predicted molar refractivity (Wildman–Crippen MR) is 84.6 cm³/mol. The number of hydrogen-bond acceptors (Lipinski definition) is 3. The Bertz CT molecular complexity index is 612. The summed E-state index contributed by atoms with van der Waals surface area (Å²) < 4.78 is 1.94. The Morgan fingerprint density at radius 3 is 2.50 bits per heavy atom. The summed E-state index contributed by atoms with van der Waals surface area (Å²) in [4.78, 5) is 4.88. The molecule has 1 aliphatic heterocycles. The van der Waals surface area contributed by atoms with Crippen molar-refractivity contribution in [3.63, 3.8) is 0 Å². The van der Waals surface area contributed by atoms with E-state index < -0.39 is 0 Å². The van der Waals surface area contributed by atoms with Gasteiger partial charge in [0.2, 0.25) is 0 Å². The number of nitrogens with zero attached hydrogens (tertiary/aromatic N) is 4. The zero-order chi connectivity index (χ0) is 14.3. The molecule has 0 bridgehead atoms. The first-order valence-corrected chi connectivity index (χ1v) is 7.55. The molecular weight excluding hydrogens is 272 g/mol. The van der Waals surface area contributed by atoms with Gasteiger partial charge in [-0.25, -0.2) is 0 Å². The molecular formula is C15H21ClN4. The molecule has 0 saturated carbocycles. The monoisotopic (exact) mass is 292 g/mol. The molecule has 20 heavy (non-hydrogen) atoms. The lowest BCUT2D eigenvalue weighted by atomic mass is 10.2. The predicted octanol–water partition coefficient (Wildman–Crippen LogP) is 2.76. The number of fused-ring (bicyclic) bond motifs is 1. The molecule has 0 unspecified atom stereocenters. The van der Waals surface area contributed by atoms with Crippen LogP contribution in [0, 0.1) is 0 Å². The minimum Gasteiger partial charge on any atom is -0.352 e. The molecule has 1 aliphatic rings. The van der Waals surface area contributed by atoms with Crippen LogP contribution in [0.25, 0.3) is 10.9 Å². The van der Waals surface area contributed by atoms with Crippen molar-refractivity contribution in [2.45, 2.75) is 19.9 Å². The van der Waals surface area contributed by atoms with E-state index in [9.17, 15) is 0 Å². The Morgan fingerprint density at radius 1 is 1.15 bits per heavy atom. The lowest BCUT2D eigenvalue weighted by Crippen LogP contribution is -2.49. The summed E-state index contributed by atoms with van der Waals surface area (Å²) in [6, 6.07) is 6.60. The van der Waals surface area contributed by atoms with Gasteiger partial charge in [-0.15, -0.1) is 0 Å². The van der Waals surface area contributed by atoms with Crippen molar-refractivity contribution < 1.29 is 0 Å². The van der Waals surface area contributed by atoms with E-state index in [4.69, 9.17) is 11.6 Å². The molecule has 0 radical (unpaired) electrons. The summed E-state index contributed by atoms with van der Waals surface area (Å²) in [7, 11) is 1.99. The van der Waals surface area contributed by atoms with Gasteiger partial charge >= 0.3 is 0 Å². The number of halogens is 1. The van der Waals surface area contributed by atoms with Gasteiger partial charge in [-0.05, 0) is 32.0 Å². The molecule has 0 N–H and O–H groups in total. The summed E-state index contributed by atoms with van der Waals surface area (Å²) in [5.74, 6) is 1.06. The Kier molecular flexibility index (Phi) is 3.61. The maximum absolute atomic E-state index is 6.14. The SMILES string of the molecule is CC(C)N1CCN(c2nn(C)c3ccc(Cl)cc23)CC1. The van der Waals surface area contributed by atoms with Gasteiger partial charge in [0, 0.05) is 49.7 Å². The van der Waals surface area contributed by atoms with Crippen LogP contribution >= 0.6 is 11.6 Å². The van der Waals surface area contributed by atoms with Crippen molar-refractivity contribution in [1.82, 2.24) is 14.7 Å². The van der Waals surface area contributed by atoms with Crippen LogP contribution in [0.4, 0.5) is 5.82 Å². The van der Waals surface area contributed by atoms with Crippen LogP contribution in [-0.4, -0.2) is 46.9 Å². The summed E-state index contributed by atoms with van der Waals surface area (Å²) in [6.07, 6.45) is 0. The quantitative estimate of drug-likeness (QED) is 0.851. The normalized spacial score (nSPS) is 17.4. The summed E-state index contributed by atoms with van der Waals surface area (Å²) in [5.41, 5.74) is 1.13. The number of benzene rings is 1. The van der Waals surface area contributed by atoms with Crippen molar-refractivity contribution in [1.29, 1.82) is 0 Å². The van der Waals surface area contributed by atoms with Gasteiger partial charge in [-0.1, -0.05) is 11.6 Å².